The van der Waals surface area contributed by atoms with Crippen molar-refractivity contribution < 1.29 is 34.8 Å². The molecule has 0 saturated carbocycles. The third-order valence-electron chi connectivity index (χ3n) is 3.65. The molecule has 2 heterocycles. The van der Waals surface area contributed by atoms with Gasteiger partial charge in [-0.3, -0.25) is 9.36 Å². The molecule has 1 aliphatic heterocycles. The molecule has 25 heavy (non-hydrogen) atoms. The van der Waals surface area contributed by atoms with Crippen LogP contribution in [-0.2, 0) is 14.3 Å². The normalized spacial score (nSPS) is 27.0. The van der Waals surface area contributed by atoms with E-state index in [1.165, 1.54) is 12.3 Å². The molecule has 5 atom stereocenters. The van der Waals surface area contributed by atoms with Crippen molar-refractivity contribution in [3.63, 3.8) is 0 Å². The van der Waals surface area contributed by atoms with E-state index in [0.717, 1.165) is 4.57 Å². The zero-order valence-corrected chi connectivity index (χ0v) is 12.8. The van der Waals surface area contributed by atoms with Crippen LogP contribution in [0.15, 0.2) is 17.1 Å². The van der Waals surface area contributed by atoms with Gasteiger partial charge in [-0.2, -0.15) is 4.98 Å². The van der Waals surface area contributed by atoms with E-state index in [1.54, 1.807) is 0 Å². The number of hydrogen-bond acceptors (Lipinski definition) is 9. The molecule has 1 aromatic heterocycles. The maximum atomic E-state index is 12.1. The SMILES string of the molecule is NC(=O)C[C@@H](Nc1ccn([C@@H]2O[C@H](CO)[C@@H](O)[C@@H]2O)c(=O)n1)C(=O)O. The first-order chi connectivity index (χ1) is 11.7. The Morgan fingerprint density at radius 3 is 2.56 bits per heavy atom. The van der Waals surface area contributed by atoms with Crippen molar-refractivity contribution in [3.05, 3.63) is 22.7 Å². The van der Waals surface area contributed by atoms with Crippen molar-refractivity contribution in [1.82, 2.24) is 9.55 Å². The van der Waals surface area contributed by atoms with Crippen LogP contribution in [0.1, 0.15) is 12.6 Å². The molecule has 0 radical (unpaired) electrons. The lowest BCUT2D eigenvalue weighted by atomic mass is 10.1. The highest BCUT2D eigenvalue weighted by Crippen LogP contribution is 2.28. The quantitative estimate of drug-likeness (QED) is 0.285. The Kier molecular flexibility index (Phi) is 5.69. The van der Waals surface area contributed by atoms with Gasteiger partial charge in [-0.1, -0.05) is 0 Å². The van der Waals surface area contributed by atoms with Gasteiger partial charge in [0.05, 0.1) is 13.0 Å². The highest BCUT2D eigenvalue weighted by atomic mass is 16.6. The number of nitrogens with one attached hydrogen (secondary N) is 1. The Labute approximate surface area is 140 Å². The summed E-state index contributed by atoms with van der Waals surface area (Å²) in [6.07, 6.45) is -4.50. The van der Waals surface area contributed by atoms with Gasteiger partial charge in [0.2, 0.25) is 5.91 Å². The number of carbonyl (C=O) groups is 2. The molecule has 0 aliphatic carbocycles. The number of nitrogens with two attached hydrogens (primary N) is 1. The maximum Gasteiger partial charge on any atom is 0.351 e. The van der Waals surface area contributed by atoms with Crippen molar-refractivity contribution >= 4 is 17.7 Å². The lowest BCUT2D eigenvalue weighted by Gasteiger charge is -2.18. The van der Waals surface area contributed by atoms with Crippen molar-refractivity contribution in [2.45, 2.75) is 37.0 Å². The molecule has 1 fully saturated rings. The number of carboxylic acid groups (broad SMARTS) is 1. The van der Waals surface area contributed by atoms with Crippen LogP contribution in [0.5, 0.6) is 0 Å². The van der Waals surface area contributed by atoms with E-state index in [1.807, 2.05) is 0 Å². The van der Waals surface area contributed by atoms with Crippen molar-refractivity contribution in [2.24, 2.45) is 5.73 Å². The fraction of sp³-hybridized carbons (Fsp3) is 0.538. The van der Waals surface area contributed by atoms with Crippen LogP contribution in [0.2, 0.25) is 0 Å². The first kappa shape index (κ1) is 18.8. The summed E-state index contributed by atoms with van der Waals surface area (Å²) in [6.45, 7) is -0.552. The summed E-state index contributed by atoms with van der Waals surface area (Å²) in [5.74, 6) is -2.32. The molecule has 0 unspecified atom stereocenters. The van der Waals surface area contributed by atoms with Gasteiger partial charge in [-0.25, -0.2) is 9.59 Å². The molecule has 1 aliphatic rings. The molecule has 12 heteroatoms. The minimum atomic E-state index is -1.46. The minimum absolute atomic E-state index is 0.123. The molecule has 1 aromatic rings. The number of hydrogen-bond donors (Lipinski definition) is 6. The third kappa shape index (κ3) is 4.11. The standard InChI is InChI=1S/C13H18N4O8/c14-7(19)3-5(12(22)23)15-8-1-2-17(13(24)16-8)11-10(21)9(20)6(4-18)25-11/h1-2,5-6,9-11,18,20-21H,3-4H2,(H2,14,19)(H,22,23)(H,15,16,24)/t5-,6-,9-,10+,11-/m1/s1. The summed E-state index contributed by atoms with van der Waals surface area (Å²) in [7, 11) is 0. The van der Waals surface area contributed by atoms with Crippen LogP contribution in [0.25, 0.3) is 0 Å². The summed E-state index contributed by atoms with van der Waals surface area (Å²) in [5, 5.41) is 40.1. The molecular formula is C13H18N4O8. The van der Waals surface area contributed by atoms with Crippen LogP contribution >= 0.6 is 0 Å². The molecular weight excluding hydrogens is 340 g/mol. The van der Waals surface area contributed by atoms with Gasteiger partial charge in [0.1, 0.15) is 30.2 Å². The maximum absolute atomic E-state index is 12.1. The number of aliphatic hydroxyl groups is 3. The second-order valence-corrected chi connectivity index (χ2v) is 5.44. The van der Waals surface area contributed by atoms with E-state index in [9.17, 15) is 24.6 Å². The Balaban J connectivity index is 2.19. The van der Waals surface area contributed by atoms with Crippen molar-refractivity contribution in [1.29, 1.82) is 0 Å². The lowest BCUT2D eigenvalue weighted by molar-refractivity contribution is -0.139. The molecule has 0 bridgehead atoms. The minimum Gasteiger partial charge on any atom is -0.480 e. The second kappa shape index (κ2) is 7.57. The predicted octanol–water partition coefficient (Wildman–Crippen LogP) is -3.40. The average molecular weight is 358 g/mol. The zero-order chi connectivity index (χ0) is 18.7. The number of ether oxygens (including phenoxy) is 1. The van der Waals surface area contributed by atoms with Gasteiger partial charge in [-0.05, 0) is 6.07 Å². The Bertz CT molecular complexity index is 708. The number of carbonyl (C=O) groups excluding carboxylic acids is 1. The van der Waals surface area contributed by atoms with Gasteiger partial charge in [0, 0.05) is 6.20 Å². The van der Waals surface area contributed by atoms with E-state index in [0.29, 0.717) is 0 Å². The van der Waals surface area contributed by atoms with Crippen molar-refractivity contribution in [2.75, 3.05) is 11.9 Å². The smallest absolute Gasteiger partial charge is 0.351 e. The number of nitrogens with zero attached hydrogens (tertiary/aromatic N) is 2. The number of aliphatic hydroxyl groups excluding tert-OH is 3. The molecule has 7 N–H and O–H groups in total. The fourth-order valence-corrected chi connectivity index (χ4v) is 2.38. The van der Waals surface area contributed by atoms with E-state index < -0.39 is 61.2 Å². The number of aliphatic carboxylic acids is 1. The Morgan fingerprint density at radius 2 is 2.08 bits per heavy atom. The molecule has 12 nitrogen and oxygen atoms in total. The van der Waals surface area contributed by atoms with Gasteiger partial charge in [-0.15, -0.1) is 0 Å². The third-order valence-corrected chi connectivity index (χ3v) is 3.65. The topological polar surface area (TPSA) is 197 Å². The van der Waals surface area contributed by atoms with Gasteiger partial charge in [0.25, 0.3) is 0 Å². The number of carboxylic acids is 1. The average Bonchev–Trinajstić information content (AvgIpc) is 2.82. The summed E-state index contributed by atoms with van der Waals surface area (Å²) in [5.41, 5.74) is 4.06. The first-order valence-electron chi connectivity index (χ1n) is 7.24. The number of primary amides is 1. The van der Waals surface area contributed by atoms with Crippen LogP contribution in [0.4, 0.5) is 5.82 Å². The second-order valence-electron chi connectivity index (χ2n) is 5.44. The highest BCUT2D eigenvalue weighted by molar-refractivity contribution is 5.85. The molecule has 138 valence electrons. The van der Waals surface area contributed by atoms with Crippen LogP contribution in [0.3, 0.4) is 0 Å². The Morgan fingerprint density at radius 1 is 1.40 bits per heavy atom. The van der Waals surface area contributed by atoms with Crippen LogP contribution < -0.4 is 16.7 Å². The summed E-state index contributed by atoms with van der Waals surface area (Å²) in [4.78, 5) is 37.6. The van der Waals surface area contributed by atoms with E-state index in [4.69, 9.17) is 20.7 Å². The molecule has 0 spiro atoms. The zero-order valence-electron chi connectivity index (χ0n) is 12.8. The molecule has 1 amide bonds. The highest BCUT2D eigenvalue weighted by Gasteiger charge is 2.43. The molecule has 0 aromatic carbocycles. The van der Waals surface area contributed by atoms with E-state index in [-0.39, 0.29) is 5.82 Å². The van der Waals surface area contributed by atoms with E-state index in [2.05, 4.69) is 10.3 Å². The number of amides is 1. The van der Waals surface area contributed by atoms with Gasteiger partial charge >= 0.3 is 11.7 Å². The predicted molar refractivity (Wildman–Crippen MR) is 80.4 cm³/mol. The van der Waals surface area contributed by atoms with E-state index >= 15 is 0 Å². The summed E-state index contributed by atoms with van der Waals surface area (Å²) in [6, 6.07) is -0.137. The molecule has 2 rings (SSSR count). The fourth-order valence-electron chi connectivity index (χ4n) is 2.38. The van der Waals surface area contributed by atoms with Crippen LogP contribution in [-0.4, -0.2) is 72.8 Å². The van der Waals surface area contributed by atoms with Crippen LogP contribution in [0, 0.1) is 0 Å². The first-order valence-corrected chi connectivity index (χ1v) is 7.24. The van der Waals surface area contributed by atoms with Gasteiger partial charge < -0.3 is 36.2 Å². The molecule has 1 saturated heterocycles. The summed E-state index contributed by atoms with van der Waals surface area (Å²) >= 11 is 0. The van der Waals surface area contributed by atoms with Gasteiger partial charge in [0.15, 0.2) is 6.23 Å². The number of anilines is 1. The monoisotopic (exact) mass is 358 g/mol. The lowest BCUT2D eigenvalue weighted by Crippen LogP contribution is -2.37. The number of aromatic nitrogens is 2. The Hall–Kier alpha value is -2.54. The number of rotatable bonds is 7. The summed E-state index contributed by atoms with van der Waals surface area (Å²) < 4.78 is 6.10. The van der Waals surface area contributed by atoms with Crippen molar-refractivity contribution in [3.8, 4) is 0 Å². The largest absolute Gasteiger partial charge is 0.480 e.